The van der Waals surface area contributed by atoms with Crippen molar-refractivity contribution in [3.8, 4) is 0 Å². The molecule has 0 atom stereocenters. The number of allylic oxidation sites excluding steroid dienone is 2. The molecule has 8 heteroatoms. The van der Waals surface area contributed by atoms with Crippen LogP contribution in [0.4, 0.5) is 22.7 Å². The first-order valence-electron chi connectivity index (χ1n) is 13.0. The lowest BCUT2D eigenvalue weighted by molar-refractivity contribution is -0.858. The summed E-state index contributed by atoms with van der Waals surface area (Å²) in [6.07, 6.45) is 3.80. The van der Waals surface area contributed by atoms with Crippen molar-refractivity contribution in [2.75, 3.05) is 70.3 Å². The van der Waals surface area contributed by atoms with E-state index in [-0.39, 0.29) is 22.8 Å². The molecule has 0 bridgehead atoms. The molecule has 2 aromatic rings. The molecule has 2 aromatic carbocycles. The van der Waals surface area contributed by atoms with Crippen LogP contribution in [0.25, 0.3) is 0 Å². The quantitative estimate of drug-likeness (QED) is 0.185. The van der Waals surface area contributed by atoms with E-state index in [0.717, 1.165) is 56.1 Å². The van der Waals surface area contributed by atoms with Gasteiger partial charge in [0.05, 0.1) is 52.7 Å². The van der Waals surface area contributed by atoms with E-state index in [9.17, 15) is 9.90 Å². The molecule has 0 saturated heterocycles. The minimum absolute atomic E-state index is 0.0588. The SMILES string of the molecule is CC1=C(O)C(Nc2ccc(NCCC[NH+](C)C)cc2)=CC(=Nc2ccc(NCCC[NH+](C)C)cc2)C1=O. The summed E-state index contributed by atoms with van der Waals surface area (Å²) in [7, 11) is 8.60. The number of ketones is 1. The maximum Gasteiger partial charge on any atom is 0.210 e. The summed E-state index contributed by atoms with van der Waals surface area (Å²) in [6, 6.07) is 15.6. The highest BCUT2D eigenvalue weighted by Crippen LogP contribution is 2.25. The normalized spacial score (nSPS) is 14.9. The number of carbonyl (C=O) groups is 1. The molecule has 0 saturated carbocycles. The molecule has 0 spiro atoms. The summed E-state index contributed by atoms with van der Waals surface area (Å²) >= 11 is 0. The molecule has 3 rings (SSSR count). The number of aliphatic hydroxyl groups excluding tert-OH is 1. The number of aliphatic hydroxyl groups is 1. The number of aliphatic imine (C=N–C) groups is 1. The van der Waals surface area contributed by atoms with Crippen molar-refractivity contribution < 1.29 is 19.7 Å². The summed E-state index contributed by atoms with van der Waals surface area (Å²) in [5, 5.41) is 20.7. The number of carbonyl (C=O) groups excluding carboxylic acids is 1. The minimum Gasteiger partial charge on any atom is -0.505 e. The van der Waals surface area contributed by atoms with Gasteiger partial charge in [-0.1, -0.05) is 0 Å². The Kier molecular flexibility index (Phi) is 10.3. The van der Waals surface area contributed by atoms with Gasteiger partial charge in [-0.25, -0.2) is 4.99 Å². The van der Waals surface area contributed by atoms with Gasteiger partial charge in [-0.3, -0.25) is 4.79 Å². The lowest BCUT2D eigenvalue weighted by Gasteiger charge is -2.18. The third-order valence-corrected chi connectivity index (χ3v) is 6.11. The van der Waals surface area contributed by atoms with Gasteiger partial charge in [-0.15, -0.1) is 0 Å². The first kappa shape index (κ1) is 28.0. The Bertz CT molecular complexity index is 1130. The second kappa shape index (κ2) is 13.6. The van der Waals surface area contributed by atoms with Crippen LogP contribution in [-0.4, -0.2) is 71.0 Å². The van der Waals surface area contributed by atoms with Crippen molar-refractivity contribution in [2.45, 2.75) is 19.8 Å². The van der Waals surface area contributed by atoms with Crippen LogP contribution in [-0.2, 0) is 4.79 Å². The van der Waals surface area contributed by atoms with Crippen LogP contribution in [0.5, 0.6) is 0 Å². The third-order valence-electron chi connectivity index (χ3n) is 6.11. The molecule has 0 fully saturated rings. The van der Waals surface area contributed by atoms with Crippen molar-refractivity contribution in [1.82, 2.24) is 0 Å². The van der Waals surface area contributed by atoms with E-state index >= 15 is 0 Å². The van der Waals surface area contributed by atoms with E-state index in [1.807, 2.05) is 48.5 Å². The highest BCUT2D eigenvalue weighted by Gasteiger charge is 2.24. The van der Waals surface area contributed by atoms with Crippen molar-refractivity contribution in [2.24, 2.45) is 4.99 Å². The smallest absolute Gasteiger partial charge is 0.210 e. The zero-order valence-corrected chi connectivity index (χ0v) is 22.7. The number of hydrogen-bond donors (Lipinski definition) is 6. The van der Waals surface area contributed by atoms with E-state index < -0.39 is 0 Å². The maximum absolute atomic E-state index is 12.8. The molecular weight excluding hydrogens is 464 g/mol. The van der Waals surface area contributed by atoms with Crippen molar-refractivity contribution >= 4 is 34.2 Å². The van der Waals surface area contributed by atoms with Crippen molar-refractivity contribution in [3.05, 3.63) is 71.6 Å². The second-order valence-corrected chi connectivity index (χ2v) is 10.1. The summed E-state index contributed by atoms with van der Waals surface area (Å²) < 4.78 is 0. The van der Waals surface area contributed by atoms with Crippen LogP contribution in [0.15, 0.2) is 76.6 Å². The lowest BCUT2D eigenvalue weighted by Crippen LogP contribution is -3.05. The standard InChI is InChI=1S/C29H40N6O2/c1-21-28(36)26(32-24-12-8-22(9-13-24)30-16-6-18-34(2)3)20-27(29(21)37)33-25-14-10-23(11-15-25)31-17-7-19-35(4)5/h8-15,20,30-32,36H,6-7,16-19H2,1-5H3/p+2. The highest BCUT2D eigenvalue weighted by molar-refractivity contribution is 6.51. The van der Waals surface area contributed by atoms with Gasteiger partial charge in [0.1, 0.15) is 11.5 Å². The van der Waals surface area contributed by atoms with Crippen LogP contribution in [0.3, 0.4) is 0 Å². The molecule has 1 aliphatic rings. The number of nitrogens with one attached hydrogen (secondary N) is 5. The van der Waals surface area contributed by atoms with Crippen molar-refractivity contribution in [1.29, 1.82) is 0 Å². The van der Waals surface area contributed by atoms with E-state index in [0.29, 0.717) is 11.4 Å². The molecule has 0 unspecified atom stereocenters. The predicted octanol–water partition coefficient (Wildman–Crippen LogP) is 2.06. The predicted molar refractivity (Wildman–Crippen MR) is 154 cm³/mol. The Hall–Kier alpha value is -3.62. The van der Waals surface area contributed by atoms with Crippen LogP contribution < -0.4 is 25.8 Å². The van der Waals surface area contributed by atoms with Crippen LogP contribution >= 0.6 is 0 Å². The number of quaternary nitrogens is 2. The Morgan fingerprint density at radius 3 is 1.78 bits per heavy atom. The first-order chi connectivity index (χ1) is 17.7. The monoisotopic (exact) mass is 506 g/mol. The summed E-state index contributed by atoms with van der Waals surface area (Å²) in [5.41, 5.74) is 4.57. The molecule has 37 heavy (non-hydrogen) atoms. The second-order valence-electron chi connectivity index (χ2n) is 10.1. The molecule has 0 aromatic heterocycles. The minimum atomic E-state index is -0.282. The van der Waals surface area contributed by atoms with Crippen LogP contribution in [0, 0.1) is 0 Å². The molecule has 1 aliphatic carbocycles. The van der Waals surface area contributed by atoms with Crippen LogP contribution in [0.2, 0.25) is 0 Å². The Balaban J connectivity index is 1.65. The number of hydrogen-bond acceptors (Lipinski definition) is 6. The largest absolute Gasteiger partial charge is 0.505 e. The van der Waals surface area contributed by atoms with Gasteiger partial charge in [0.2, 0.25) is 5.78 Å². The molecule has 0 radical (unpaired) electrons. The summed E-state index contributed by atoms with van der Waals surface area (Å²) in [5.74, 6) is -0.341. The molecular formula is C29H42N6O2+2. The van der Waals surface area contributed by atoms with E-state index in [2.05, 4.69) is 49.1 Å². The van der Waals surface area contributed by atoms with Crippen molar-refractivity contribution in [3.63, 3.8) is 0 Å². The van der Waals surface area contributed by atoms with Gasteiger partial charge in [0, 0.05) is 48.6 Å². The van der Waals surface area contributed by atoms with Gasteiger partial charge >= 0.3 is 0 Å². The lowest BCUT2D eigenvalue weighted by atomic mass is 9.99. The van der Waals surface area contributed by atoms with Gasteiger partial charge < -0.3 is 30.9 Å². The van der Waals surface area contributed by atoms with E-state index in [1.54, 1.807) is 13.0 Å². The highest BCUT2D eigenvalue weighted by atomic mass is 16.3. The molecule has 0 aliphatic heterocycles. The maximum atomic E-state index is 12.8. The summed E-state index contributed by atoms with van der Waals surface area (Å²) in [6.45, 7) is 5.68. The number of nitrogens with zero attached hydrogens (tertiary/aromatic N) is 1. The third kappa shape index (κ3) is 8.77. The Morgan fingerprint density at radius 2 is 1.27 bits per heavy atom. The van der Waals surface area contributed by atoms with Gasteiger partial charge in [-0.2, -0.15) is 0 Å². The van der Waals surface area contributed by atoms with Crippen LogP contribution in [0.1, 0.15) is 19.8 Å². The number of benzene rings is 2. The summed E-state index contributed by atoms with van der Waals surface area (Å²) in [4.78, 5) is 20.2. The topological polar surface area (TPSA) is 94.6 Å². The average molecular weight is 507 g/mol. The number of rotatable bonds is 13. The number of anilines is 3. The average Bonchev–Trinajstić information content (AvgIpc) is 2.87. The molecule has 0 amide bonds. The Labute approximate surface area is 220 Å². The van der Waals surface area contributed by atoms with E-state index in [4.69, 9.17) is 0 Å². The zero-order chi connectivity index (χ0) is 26.8. The molecule has 0 heterocycles. The molecule has 198 valence electrons. The first-order valence-corrected chi connectivity index (χ1v) is 13.0. The zero-order valence-electron chi connectivity index (χ0n) is 22.7. The van der Waals surface area contributed by atoms with E-state index in [1.165, 1.54) is 9.80 Å². The fraction of sp³-hybridized carbons (Fsp3) is 0.379. The molecule has 6 N–H and O–H groups in total. The number of Topliss-reactive ketones (excluding diaryl/α,β-unsaturated/α-hetero) is 1. The fourth-order valence-electron chi connectivity index (χ4n) is 3.92. The van der Waals surface area contributed by atoms with Gasteiger partial charge in [0.15, 0.2) is 0 Å². The Morgan fingerprint density at radius 1 is 0.784 bits per heavy atom. The van der Waals surface area contributed by atoms with Gasteiger partial charge in [-0.05, 0) is 61.5 Å². The molecule has 8 nitrogen and oxygen atoms in total. The fourth-order valence-corrected chi connectivity index (χ4v) is 3.92. The van der Waals surface area contributed by atoms with Gasteiger partial charge in [0.25, 0.3) is 0 Å².